The van der Waals surface area contributed by atoms with Crippen LogP contribution < -0.4 is 0 Å². The molecule has 0 bridgehead atoms. The molecule has 0 radical (unpaired) electrons. The molecule has 0 atom stereocenters. The lowest BCUT2D eigenvalue weighted by Gasteiger charge is -2.23. The van der Waals surface area contributed by atoms with Crippen LogP contribution in [-0.2, 0) is 0 Å². The molecule has 1 nitrogen and oxygen atoms in total. The van der Waals surface area contributed by atoms with Gasteiger partial charge in [0.25, 0.3) is 0 Å². The van der Waals surface area contributed by atoms with Crippen LogP contribution in [0.5, 0.6) is 0 Å². The van der Waals surface area contributed by atoms with Crippen molar-refractivity contribution < 1.29 is 0 Å². The van der Waals surface area contributed by atoms with Crippen LogP contribution in [0.15, 0.2) is 60.7 Å². The van der Waals surface area contributed by atoms with E-state index in [4.69, 9.17) is 0 Å². The minimum atomic E-state index is 0.498. The Bertz CT molecular complexity index is 434. The molecule has 20 heavy (non-hydrogen) atoms. The Hall–Kier alpha value is -1.60. The number of benzene rings is 2. The first kappa shape index (κ1) is 14.8. The van der Waals surface area contributed by atoms with Gasteiger partial charge in [0.15, 0.2) is 0 Å². The third-order valence-corrected chi connectivity index (χ3v) is 4.03. The molecule has 0 aliphatic heterocycles. The van der Waals surface area contributed by atoms with Crippen LogP contribution in [0.4, 0.5) is 0 Å². The predicted molar refractivity (Wildman–Crippen MR) is 87.1 cm³/mol. The Morgan fingerprint density at radius 2 is 1.20 bits per heavy atom. The molecule has 0 saturated carbocycles. The van der Waals surface area contributed by atoms with E-state index in [0.29, 0.717) is 5.92 Å². The minimum Gasteiger partial charge on any atom is -0.304 e. The molecule has 2 aromatic carbocycles. The molecule has 0 heterocycles. The Morgan fingerprint density at radius 3 is 1.60 bits per heavy atom. The average molecular weight is 267 g/mol. The van der Waals surface area contributed by atoms with E-state index in [9.17, 15) is 0 Å². The van der Waals surface area contributed by atoms with Crippen molar-refractivity contribution in [3.8, 4) is 0 Å². The molecule has 0 amide bonds. The van der Waals surface area contributed by atoms with E-state index in [0.717, 1.165) is 19.6 Å². The van der Waals surface area contributed by atoms with Crippen LogP contribution in [0.2, 0.25) is 0 Å². The molecular formula is C19H25N. The second-order valence-electron chi connectivity index (χ2n) is 5.19. The summed E-state index contributed by atoms with van der Waals surface area (Å²) in [5.74, 6) is 0.498. The largest absolute Gasteiger partial charge is 0.304 e. The molecule has 0 aromatic heterocycles. The maximum absolute atomic E-state index is 2.50. The smallest absolute Gasteiger partial charge is 0.0101 e. The van der Waals surface area contributed by atoms with Crippen molar-refractivity contribution in [2.45, 2.75) is 26.2 Å². The summed E-state index contributed by atoms with van der Waals surface area (Å²) in [7, 11) is 0. The Kier molecular flexibility index (Phi) is 5.82. The second kappa shape index (κ2) is 7.86. The highest BCUT2D eigenvalue weighted by atomic mass is 15.1. The topological polar surface area (TPSA) is 3.24 Å². The average Bonchev–Trinajstić information content (AvgIpc) is 2.53. The number of hydrogen-bond acceptors (Lipinski definition) is 1. The summed E-state index contributed by atoms with van der Waals surface area (Å²) in [5, 5.41) is 0. The van der Waals surface area contributed by atoms with E-state index in [2.05, 4.69) is 79.4 Å². The van der Waals surface area contributed by atoms with Crippen molar-refractivity contribution in [3.63, 3.8) is 0 Å². The van der Waals surface area contributed by atoms with Gasteiger partial charge in [-0.2, -0.15) is 0 Å². The van der Waals surface area contributed by atoms with Gasteiger partial charge in [-0.3, -0.25) is 0 Å². The molecule has 0 N–H and O–H groups in total. The van der Waals surface area contributed by atoms with E-state index in [-0.39, 0.29) is 0 Å². The van der Waals surface area contributed by atoms with Crippen molar-refractivity contribution in [2.75, 3.05) is 19.6 Å². The summed E-state index contributed by atoms with van der Waals surface area (Å²) in [4.78, 5) is 2.50. The summed E-state index contributed by atoms with van der Waals surface area (Å²) in [5.41, 5.74) is 2.84. The fourth-order valence-corrected chi connectivity index (χ4v) is 2.75. The summed E-state index contributed by atoms with van der Waals surface area (Å²) >= 11 is 0. The second-order valence-corrected chi connectivity index (χ2v) is 5.19. The molecule has 106 valence electrons. The van der Waals surface area contributed by atoms with Gasteiger partial charge in [-0.25, -0.2) is 0 Å². The highest BCUT2D eigenvalue weighted by Crippen LogP contribution is 2.27. The lowest BCUT2D eigenvalue weighted by atomic mass is 9.88. The van der Waals surface area contributed by atoms with Crippen LogP contribution in [0.25, 0.3) is 0 Å². The molecule has 0 aliphatic carbocycles. The molecule has 0 aliphatic rings. The fourth-order valence-electron chi connectivity index (χ4n) is 2.75. The third-order valence-electron chi connectivity index (χ3n) is 4.03. The van der Waals surface area contributed by atoms with Crippen LogP contribution in [-0.4, -0.2) is 24.5 Å². The summed E-state index contributed by atoms with van der Waals surface area (Å²) in [6, 6.07) is 21.8. The van der Waals surface area contributed by atoms with Gasteiger partial charge in [-0.1, -0.05) is 74.5 Å². The molecule has 0 fully saturated rings. The molecule has 2 aromatic rings. The number of nitrogens with zero attached hydrogens (tertiary/aromatic N) is 1. The van der Waals surface area contributed by atoms with Gasteiger partial charge in [0.1, 0.15) is 0 Å². The lowest BCUT2D eigenvalue weighted by molar-refractivity contribution is 0.295. The van der Waals surface area contributed by atoms with E-state index in [1.807, 2.05) is 0 Å². The Balaban J connectivity index is 2.17. The molecule has 1 heteroatoms. The zero-order valence-electron chi connectivity index (χ0n) is 12.6. The maximum Gasteiger partial charge on any atom is 0.0101 e. The molecule has 0 spiro atoms. The van der Waals surface area contributed by atoms with E-state index < -0.39 is 0 Å². The first-order valence-corrected chi connectivity index (χ1v) is 7.67. The lowest BCUT2D eigenvalue weighted by Crippen LogP contribution is -2.25. The van der Waals surface area contributed by atoms with Crippen LogP contribution in [0.1, 0.15) is 37.3 Å². The molecule has 0 unspecified atom stereocenters. The standard InChI is InChI=1S/C19H25N/c1-3-20(4-2)16-15-19(17-11-7-5-8-12-17)18-13-9-6-10-14-18/h5-14,19H,3-4,15-16H2,1-2H3. The van der Waals surface area contributed by atoms with Gasteiger partial charge >= 0.3 is 0 Å². The van der Waals surface area contributed by atoms with E-state index in [1.54, 1.807) is 0 Å². The summed E-state index contributed by atoms with van der Waals surface area (Å²) in [6.45, 7) is 7.90. The van der Waals surface area contributed by atoms with Crippen molar-refractivity contribution >= 4 is 0 Å². The summed E-state index contributed by atoms with van der Waals surface area (Å²) in [6.07, 6.45) is 1.18. The van der Waals surface area contributed by atoms with Crippen molar-refractivity contribution in [1.29, 1.82) is 0 Å². The molecular weight excluding hydrogens is 242 g/mol. The number of hydrogen-bond donors (Lipinski definition) is 0. The SMILES string of the molecule is CCN(CC)CCC(c1ccccc1)c1ccccc1. The Labute approximate surface area is 123 Å². The van der Waals surface area contributed by atoms with Gasteiger partial charge in [-0.05, 0) is 37.2 Å². The minimum absolute atomic E-state index is 0.498. The monoisotopic (exact) mass is 267 g/mol. The van der Waals surface area contributed by atoms with Gasteiger partial charge in [0.2, 0.25) is 0 Å². The Morgan fingerprint density at radius 1 is 0.750 bits per heavy atom. The summed E-state index contributed by atoms with van der Waals surface area (Å²) < 4.78 is 0. The molecule has 2 rings (SSSR count). The quantitative estimate of drug-likeness (QED) is 0.711. The zero-order chi connectivity index (χ0) is 14.2. The fraction of sp³-hybridized carbons (Fsp3) is 0.368. The highest BCUT2D eigenvalue weighted by Gasteiger charge is 2.14. The first-order chi connectivity index (χ1) is 9.85. The van der Waals surface area contributed by atoms with Crippen LogP contribution >= 0.6 is 0 Å². The predicted octanol–water partition coefficient (Wildman–Crippen LogP) is 4.55. The van der Waals surface area contributed by atoms with E-state index >= 15 is 0 Å². The zero-order valence-corrected chi connectivity index (χ0v) is 12.6. The van der Waals surface area contributed by atoms with Crippen LogP contribution in [0, 0.1) is 0 Å². The van der Waals surface area contributed by atoms with Crippen LogP contribution in [0.3, 0.4) is 0 Å². The van der Waals surface area contributed by atoms with Crippen molar-refractivity contribution in [2.24, 2.45) is 0 Å². The number of rotatable bonds is 7. The maximum atomic E-state index is 2.50. The highest BCUT2D eigenvalue weighted by molar-refractivity contribution is 5.32. The van der Waals surface area contributed by atoms with Crippen molar-refractivity contribution in [3.05, 3.63) is 71.8 Å². The third kappa shape index (κ3) is 3.94. The first-order valence-electron chi connectivity index (χ1n) is 7.67. The van der Waals surface area contributed by atoms with Gasteiger partial charge < -0.3 is 4.90 Å². The molecule has 0 saturated heterocycles. The van der Waals surface area contributed by atoms with Gasteiger partial charge in [0.05, 0.1) is 0 Å². The van der Waals surface area contributed by atoms with Gasteiger partial charge in [-0.15, -0.1) is 0 Å². The van der Waals surface area contributed by atoms with E-state index in [1.165, 1.54) is 17.5 Å². The van der Waals surface area contributed by atoms with Crippen molar-refractivity contribution in [1.82, 2.24) is 4.90 Å². The normalized spacial score (nSPS) is 11.2. The van der Waals surface area contributed by atoms with Gasteiger partial charge in [0, 0.05) is 5.92 Å².